The summed E-state index contributed by atoms with van der Waals surface area (Å²) in [6.07, 6.45) is 0.396. The number of carbonyl (C=O) groups is 1. The quantitative estimate of drug-likeness (QED) is 0.466. The predicted molar refractivity (Wildman–Crippen MR) is 138 cm³/mol. The summed E-state index contributed by atoms with van der Waals surface area (Å²) in [6.45, 7) is 0.288. The number of halogens is 3. The van der Waals surface area contributed by atoms with Gasteiger partial charge in [-0.15, -0.1) is 0 Å². The zero-order valence-electron chi connectivity index (χ0n) is 20.8. The predicted octanol–water partition coefficient (Wildman–Crippen LogP) is 3.73. The molecule has 1 saturated heterocycles. The lowest BCUT2D eigenvalue weighted by Gasteiger charge is -2.39. The zero-order chi connectivity index (χ0) is 27.0. The van der Waals surface area contributed by atoms with E-state index in [-0.39, 0.29) is 46.7 Å². The maximum Gasteiger partial charge on any atom is 0.249 e. The van der Waals surface area contributed by atoms with E-state index in [0.29, 0.717) is 5.56 Å². The molecule has 2 aliphatic heterocycles. The number of aliphatic hydroxyl groups excluding tert-OH is 1. The number of amides is 1. The summed E-state index contributed by atoms with van der Waals surface area (Å²) in [4.78, 5) is 12.5. The van der Waals surface area contributed by atoms with E-state index in [1.807, 2.05) is 30.3 Å². The van der Waals surface area contributed by atoms with Crippen LogP contribution in [0.2, 0.25) is 5.02 Å². The van der Waals surface area contributed by atoms with E-state index < -0.39 is 35.7 Å². The Morgan fingerprint density at radius 2 is 2.11 bits per heavy atom. The number of hydrogen-bond donors (Lipinski definition) is 3. The summed E-state index contributed by atoms with van der Waals surface area (Å²) in [5, 5.41) is 12.3. The number of fused-ring (bicyclic) bond motifs is 1. The van der Waals surface area contributed by atoms with Crippen LogP contribution >= 0.6 is 11.6 Å². The number of primary amides is 1. The molecule has 0 radical (unpaired) electrons. The summed E-state index contributed by atoms with van der Waals surface area (Å²) in [6, 6.07) is 10.4. The van der Waals surface area contributed by atoms with Crippen LogP contribution in [-0.4, -0.2) is 56.2 Å². The molecule has 5 rings (SSSR count). The molecule has 3 unspecified atom stereocenters. The van der Waals surface area contributed by atoms with Crippen molar-refractivity contribution in [3.63, 3.8) is 0 Å². The van der Waals surface area contributed by atoms with E-state index in [4.69, 9.17) is 31.5 Å². The van der Waals surface area contributed by atoms with E-state index in [1.54, 1.807) is 0 Å². The third kappa shape index (κ3) is 4.23. The van der Waals surface area contributed by atoms with Gasteiger partial charge in [0.2, 0.25) is 5.91 Å². The number of carbonyl (C=O) groups excluding carboxylic acids is 1. The Balaban J connectivity index is 1.76. The number of ether oxygens (including phenoxy) is 3. The Morgan fingerprint density at radius 1 is 1.34 bits per heavy atom. The van der Waals surface area contributed by atoms with E-state index in [2.05, 4.69) is 5.32 Å². The van der Waals surface area contributed by atoms with Gasteiger partial charge in [-0.2, -0.15) is 0 Å². The van der Waals surface area contributed by atoms with E-state index in [0.717, 1.165) is 24.9 Å². The van der Waals surface area contributed by atoms with Crippen LogP contribution in [0.3, 0.4) is 0 Å². The molecule has 4 N–H and O–H groups in total. The monoisotopic (exact) mass is 546 g/mol. The summed E-state index contributed by atoms with van der Waals surface area (Å²) in [7, 11) is 1.50. The van der Waals surface area contributed by atoms with Gasteiger partial charge in [0.05, 0.1) is 24.3 Å². The van der Waals surface area contributed by atoms with E-state index in [9.17, 15) is 9.90 Å². The first-order chi connectivity index (χ1) is 18.3. The lowest BCUT2D eigenvalue weighted by molar-refractivity contribution is -0.114. The molecule has 0 bridgehead atoms. The topological polar surface area (TPSA) is 103 Å². The first-order valence-electron chi connectivity index (χ1n) is 12.5. The first-order valence-corrected chi connectivity index (χ1v) is 12.8. The number of benzene rings is 2. The molecule has 10 heteroatoms. The van der Waals surface area contributed by atoms with E-state index in [1.165, 1.54) is 25.3 Å². The van der Waals surface area contributed by atoms with Crippen molar-refractivity contribution in [1.82, 2.24) is 5.32 Å². The standard InChI is InChI=1S/C28H29ClF2N2O5/c1-36-26-22-19(38-28(26,20-8-5-11-33-20)15-6-3-2-4-7-15)14-17(30)24(29)23(22)21-16(27(32)35)9-10-18(25(21)31)37-13-12-34/h2-4,6-7,9-10,14,18,20,25-26,33-34H,5,8,11-13H2,1H3,(H2,32,35)/t18?,20?,25?,26-,28-/m0/s1. The molecule has 0 spiro atoms. The molecule has 0 aromatic heterocycles. The van der Waals surface area contributed by atoms with Crippen molar-refractivity contribution < 1.29 is 32.9 Å². The Bertz CT molecular complexity index is 1280. The lowest BCUT2D eigenvalue weighted by Crippen LogP contribution is -2.51. The average molecular weight is 547 g/mol. The van der Waals surface area contributed by atoms with Crippen LogP contribution in [0, 0.1) is 5.82 Å². The molecule has 3 aliphatic rings. The summed E-state index contributed by atoms with van der Waals surface area (Å²) < 4.78 is 49.7. The largest absolute Gasteiger partial charge is 0.477 e. The summed E-state index contributed by atoms with van der Waals surface area (Å²) in [5.41, 5.74) is 5.20. The smallest absolute Gasteiger partial charge is 0.249 e. The van der Waals surface area contributed by atoms with Crippen molar-refractivity contribution in [2.75, 3.05) is 26.9 Å². The highest BCUT2D eigenvalue weighted by Gasteiger charge is 2.58. The number of methoxy groups -OCH3 is 1. The fourth-order valence-corrected chi connectivity index (χ4v) is 6.15. The van der Waals surface area contributed by atoms with Gasteiger partial charge < -0.3 is 30.4 Å². The normalized spacial score (nSPS) is 28.4. The van der Waals surface area contributed by atoms with Crippen molar-refractivity contribution in [3.8, 4) is 5.75 Å². The SMILES string of the molecule is CO[C@H]1c2c(cc(F)c(Cl)c2C2=C(C(N)=O)C=CC(OCCO)C2F)O[C@@]1(c1ccccc1)C1CCCN1. The maximum absolute atomic E-state index is 16.2. The molecule has 1 aliphatic carbocycles. The van der Waals surface area contributed by atoms with Crippen molar-refractivity contribution in [1.29, 1.82) is 0 Å². The number of hydrogen-bond acceptors (Lipinski definition) is 6. The number of nitrogens with one attached hydrogen (secondary N) is 1. The Kier molecular flexibility index (Phi) is 7.57. The minimum Gasteiger partial charge on any atom is -0.477 e. The van der Waals surface area contributed by atoms with Crippen LogP contribution in [0.5, 0.6) is 5.75 Å². The number of rotatable bonds is 8. The highest BCUT2D eigenvalue weighted by molar-refractivity contribution is 6.33. The highest BCUT2D eigenvalue weighted by Crippen LogP contribution is 2.58. The van der Waals surface area contributed by atoms with Crippen LogP contribution in [0.4, 0.5) is 8.78 Å². The van der Waals surface area contributed by atoms with E-state index >= 15 is 8.78 Å². The third-order valence-corrected chi connectivity index (χ3v) is 7.80. The van der Waals surface area contributed by atoms with Crippen molar-refractivity contribution in [2.45, 2.75) is 42.9 Å². The first kappa shape index (κ1) is 26.8. The Hall–Kier alpha value is -2.82. The zero-order valence-corrected chi connectivity index (χ0v) is 21.5. The van der Waals surface area contributed by atoms with Crippen LogP contribution < -0.4 is 15.8 Å². The molecule has 202 valence electrons. The van der Waals surface area contributed by atoms with Gasteiger partial charge in [-0.05, 0) is 24.9 Å². The Morgan fingerprint density at radius 3 is 2.74 bits per heavy atom. The molecule has 2 heterocycles. The minimum absolute atomic E-state index is 0.0485. The molecule has 7 nitrogen and oxygen atoms in total. The fraction of sp³-hybridized carbons (Fsp3) is 0.393. The second kappa shape index (κ2) is 10.7. The fourth-order valence-electron chi connectivity index (χ4n) is 5.89. The molecule has 2 aromatic rings. The molecule has 5 atom stereocenters. The van der Waals surface area contributed by atoms with Crippen LogP contribution in [0.15, 0.2) is 54.1 Å². The molecular formula is C28H29ClF2N2O5. The van der Waals surface area contributed by atoms with Gasteiger partial charge in [-0.25, -0.2) is 8.78 Å². The third-order valence-electron chi connectivity index (χ3n) is 7.43. The van der Waals surface area contributed by atoms with Crippen LogP contribution in [0.1, 0.15) is 35.6 Å². The van der Waals surface area contributed by atoms with Crippen LogP contribution in [-0.2, 0) is 19.9 Å². The lowest BCUT2D eigenvalue weighted by atomic mass is 9.76. The van der Waals surface area contributed by atoms with Crippen molar-refractivity contribution in [2.24, 2.45) is 5.73 Å². The molecule has 1 amide bonds. The maximum atomic E-state index is 16.2. The second-order valence-electron chi connectivity index (χ2n) is 9.50. The number of aliphatic hydroxyl groups is 1. The molecule has 0 saturated carbocycles. The number of alkyl halides is 1. The minimum atomic E-state index is -1.94. The summed E-state index contributed by atoms with van der Waals surface area (Å²) >= 11 is 6.56. The molecular weight excluding hydrogens is 518 g/mol. The number of nitrogens with two attached hydrogens (primary N) is 1. The van der Waals surface area contributed by atoms with Gasteiger partial charge in [-0.3, -0.25) is 4.79 Å². The molecule has 1 fully saturated rings. The average Bonchev–Trinajstić information content (AvgIpc) is 3.56. The van der Waals surface area contributed by atoms with Crippen molar-refractivity contribution >= 4 is 23.1 Å². The van der Waals surface area contributed by atoms with Crippen molar-refractivity contribution in [3.05, 3.63) is 81.7 Å². The van der Waals surface area contributed by atoms with Gasteiger partial charge in [0.25, 0.3) is 0 Å². The molecule has 38 heavy (non-hydrogen) atoms. The Labute approximate surface area is 224 Å². The van der Waals surface area contributed by atoms with Gasteiger partial charge in [0.15, 0.2) is 11.8 Å². The van der Waals surface area contributed by atoms with Crippen LogP contribution in [0.25, 0.3) is 5.57 Å². The van der Waals surface area contributed by atoms with Gasteiger partial charge in [0.1, 0.15) is 23.8 Å². The van der Waals surface area contributed by atoms with Gasteiger partial charge >= 0.3 is 0 Å². The summed E-state index contributed by atoms with van der Waals surface area (Å²) in [5.74, 6) is -1.62. The second-order valence-corrected chi connectivity index (χ2v) is 9.87. The highest BCUT2D eigenvalue weighted by atomic mass is 35.5. The van der Waals surface area contributed by atoms with Gasteiger partial charge in [-0.1, -0.05) is 54.1 Å². The van der Waals surface area contributed by atoms with Gasteiger partial charge in [0, 0.05) is 35.4 Å². The molecule has 2 aromatic carbocycles.